The number of aryl methyl sites for hydroxylation is 2. The van der Waals surface area contributed by atoms with Gasteiger partial charge in [-0.1, -0.05) is 68.1 Å². The number of hydrogen-bond acceptors (Lipinski definition) is 5. The maximum atomic E-state index is 6.65. The molecule has 0 aliphatic carbocycles. The van der Waals surface area contributed by atoms with Crippen molar-refractivity contribution in [2.75, 3.05) is 75.1 Å². The molecule has 5 nitrogen and oxygen atoms in total. The number of nitrogens with zero attached hydrogens (tertiary/aromatic N) is 4. The Bertz CT molecular complexity index is 915. The molecular weight excluding hydrogens is 492 g/mol. The molecule has 0 saturated carbocycles. The normalized spacial score (nSPS) is 11.9. The summed E-state index contributed by atoms with van der Waals surface area (Å²) >= 11 is 0. The molecule has 2 aromatic rings. The fraction of sp³-hybridized carbons (Fsp3) is 0.657. The van der Waals surface area contributed by atoms with Crippen LogP contribution in [0, 0.1) is 6.92 Å². The number of rotatable bonds is 22. The zero-order chi connectivity index (χ0) is 29.2. The first-order valence-corrected chi connectivity index (χ1v) is 15.7. The van der Waals surface area contributed by atoms with Crippen LogP contribution in [0.15, 0.2) is 42.5 Å². The van der Waals surface area contributed by atoms with Gasteiger partial charge in [-0.2, -0.15) is 0 Å². The van der Waals surface area contributed by atoms with Gasteiger partial charge in [0, 0.05) is 24.2 Å². The van der Waals surface area contributed by atoms with Crippen LogP contribution in [0.25, 0.3) is 0 Å². The van der Waals surface area contributed by atoms with E-state index in [1.54, 1.807) is 0 Å². The van der Waals surface area contributed by atoms with Crippen molar-refractivity contribution >= 4 is 0 Å². The van der Waals surface area contributed by atoms with Crippen molar-refractivity contribution < 1.29 is 4.74 Å². The van der Waals surface area contributed by atoms with Gasteiger partial charge in [0.1, 0.15) is 5.75 Å². The van der Waals surface area contributed by atoms with Gasteiger partial charge in [0.05, 0.1) is 6.61 Å². The van der Waals surface area contributed by atoms with Crippen molar-refractivity contribution in [3.63, 3.8) is 0 Å². The van der Waals surface area contributed by atoms with Crippen LogP contribution >= 0.6 is 0 Å². The molecule has 0 N–H and O–H groups in total. The smallest absolute Gasteiger partial charge is 0.128 e. The largest absolute Gasteiger partial charge is 0.493 e. The van der Waals surface area contributed by atoms with Crippen LogP contribution in [-0.4, -0.2) is 94.7 Å². The van der Waals surface area contributed by atoms with E-state index in [2.05, 4.69) is 111 Å². The molecular formula is C35H60N4O. The highest BCUT2D eigenvalue weighted by atomic mass is 16.5. The molecule has 40 heavy (non-hydrogen) atoms. The lowest BCUT2D eigenvalue weighted by molar-refractivity contribution is 0.262. The summed E-state index contributed by atoms with van der Waals surface area (Å²) in [5, 5.41) is 0. The number of benzene rings is 2. The summed E-state index contributed by atoms with van der Waals surface area (Å²) < 4.78 is 6.65. The molecule has 0 amide bonds. The quantitative estimate of drug-likeness (QED) is 0.151. The summed E-state index contributed by atoms with van der Waals surface area (Å²) in [6.45, 7) is 9.35. The Labute approximate surface area is 247 Å². The minimum atomic E-state index is 0.808. The minimum Gasteiger partial charge on any atom is -0.493 e. The lowest BCUT2D eigenvalue weighted by atomic mass is 10.0. The van der Waals surface area contributed by atoms with Gasteiger partial charge in [-0.25, -0.2) is 0 Å². The van der Waals surface area contributed by atoms with Gasteiger partial charge >= 0.3 is 0 Å². The SMILES string of the molecule is Cc1ccc(CN(C)CCCN(C)C)c(OCCCCCCCCc2ccccc2)c1CN(C)CCCN(C)C. The fourth-order valence-electron chi connectivity index (χ4n) is 5.27. The van der Waals surface area contributed by atoms with Crippen molar-refractivity contribution in [3.8, 4) is 5.75 Å². The second kappa shape index (κ2) is 20.0. The van der Waals surface area contributed by atoms with E-state index >= 15 is 0 Å². The van der Waals surface area contributed by atoms with E-state index in [1.807, 2.05) is 0 Å². The van der Waals surface area contributed by atoms with Gasteiger partial charge in [0.15, 0.2) is 0 Å². The molecule has 0 aromatic heterocycles. The first-order chi connectivity index (χ1) is 19.3. The van der Waals surface area contributed by atoms with Gasteiger partial charge in [-0.3, -0.25) is 0 Å². The van der Waals surface area contributed by atoms with Gasteiger partial charge in [0.2, 0.25) is 0 Å². The van der Waals surface area contributed by atoms with Gasteiger partial charge in [-0.15, -0.1) is 0 Å². The first kappa shape index (κ1) is 34.3. The van der Waals surface area contributed by atoms with Gasteiger partial charge < -0.3 is 24.3 Å². The highest BCUT2D eigenvalue weighted by molar-refractivity contribution is 5.46. The maximum absolute atomic E-state index is 6.65. The molecule has 0 fully saturated rings. The maximum Gasteiger partial charge on any atom is 0.128 e. The summed E-state index contributed by atoms with van der Waals surface area (Å²) in [5.41, 5.74) is 5.50. The average molecular weight is 553 g/mol. The van der Waals surface area contributed by atoms with Crippen LogP contribution in [0.1, 0.15) is 73.6 Å². The van der Waals surface area contributed by atoms with Crippen molar-refractivity contribution in [2.45, 2.75) is 77.8 Å². The topological polar surface area (TPSA) is 22.2 Å². The second-order valence-corrected chi connectivity index (χ2v) is 12.3. The zero-order valence-electron chi connectivity index (χ0n) is 27.1. The molecule has 0 radical (unpaired) electrons. The molecule has 5 heteroatoms. The van der Waals surface area contributed by atoms with E-state index in [1.165, 1.54) is 73.6 Å². The second-order valence-electron chi connectivity index (χ2n) is 12.3. The van der Waals surface area contributed by atoms with E-state index in [0.717, 1.165) is 58.0 Å². The summed E-state index contributed by atoms with van der Waals surface area (Å²) in [6, 6.07) is 15.5. The number of hydrogen-bond donors (Lipinski definition) is 0. The highest BCUT2D eigenvalue weighted by Gasteiger charge is 2.16. The third-order valence-electron chi connectivity index (χ3n) is 7.68. The fourth-order valence-corrected chi connectivity index (χ4v) is 5.27. The summed E-state index contributed by atoms with van der Waals surface area (Å²) in [7, 11) is 13.1. The van der Waals surface area contributed by atoms with E-state index in [-0.39, 0.29) is 0 Å². The zero-order valence-corrected chi connectivity index (χ0v) is 27.1. The predicted molar refractivity (Wildman–Crippen MR) is 174 cm³/mol. The molecule has 2 aromatic carbocycles. The lowest BCUT2D eigenvalue weighted by Crippen LogP contribution is -2.25. The van der Waals surface area contributed by atoms with Crippen molar-refractivity contribution in [2.24, 2.45) is 0 Å². The summed E-state index contributed by atoms with van der Waals surface area (Å²) in [6.07, 6.45) is 11.2. The van der Waals surface area contributed by atoms with Crippen molar-refractivity contribution in [3.05, 3.63) is 64.7 Å². The van der Waals surface area contributed by atoms with E-state index < -0.39 is 0 Å². The minimum absolute atomic E-state index is 0.808. The van der Waals surface area contributed by atoms with Crippen LogP contribution in [0.2, 0.25) is 0 Å². The molecule has 0 saturated heterocycles. The Hall–Kier alpha value is -1.92. The molecule has 0 spiro atoms. The van der Waals surface area contributed by atoms with Crippen LogP contribution < -0.4 is 4.74 Å². The van der Waals surface area contributed by atoms with E-state index in [4.69, 9.17) is 4.74 Å². The molecule has 0 aliphatic rings. The molecule has 0 atom stereocenters. The number of unbranched alkanes of at least 4 members (excludes halogenated alkanes) is 5. The van der Waals surface area contributed by atoms with Crippen LogP contribution in [-0.2, 0) is 19.5 Å². The molecule has 0 aliphatic heterocycles. The van der Waals surface area contributed by atoms with E-state index in [0.29, 0.717) is 0 Å². The Kier molecular flexibility index (Phi) is 17.2. The highest BCUT2D eigenvalue weighted by Crippen LogP contribution is 2.30. The Morgan fingerprint density at radius 2 is 1.15 bits per heavy atom. The third kappa shape index (κ3) is 14.6. The van der Waals surface area contributed by atoms with Crippen LogP contribution in [0.4, 0.5) is 0 Å². The van der Waals surface area contributed by atoms with Gasteiger partial charge in [-0.05, 0) is 119 Å². The Morgan fingerprint density at radius 1 is 0.575 bits per heavy atom. The molecule has 226 valence electrons. The molecule has 0 bridgehead atoms. The van der Waals surface area contributed by atoms with Crippen molar-refractivity contribution in [1.82, 2.24) is 19.6 Å². The van der Waals surface area contributed by atoms with Crippen LogP contribution in [0.5, 0.6) is 5.75 Å². The van der Waals surface area contributed by atoms with E-state index in [9.17, 15) is 0 Å². The summed E-state index contributed by atoms with van der Waals surface area (Å²) in [5.74, 6) is 1.14. The molecule has 0 unspecified atom stereocenters. The average Bonchev–Trinajstić information content (AvgIpc) is 2.90. The number of ether oxygens (including phenoxy) is 1. The van der Waals surface area contributed by atoms with Crippen molar-refractivity contribution in [1.29, 1.82) is 0 Å². The monoisotopic (exact) mass is 552 g/mol. The molecule has 2 rings (SSSR count). The van der Waals surface area contributed by atoms with Crippen LogP contribution in [0.3, 0.4) is 0 Å². The predicted octanol–water partition coefficient (Wildman–Crippen LogP) is 6.72. The van der Waals surface area contributed by atoms with Gasteiger partial charge in [0.25, 0.3) is 0 Å². The molecule has 0 heterocycles. The third-order valence-corrected chi connectivity index (χ3v) is 7.68. The standard InChI is InChI=1S/C35H60N4O/c1-31-22-23-33(29-38(6)26-17-24-36(2)3)35(34(31)30-39(7)27-18-25-37(4)5)40-28-16-11-9-8-10-13-19-32-20-14-12-15-21-32/h12,14-15,20-23H,8-11,13,16-19,24-30H2,1-7H3. The summed E-state index contributed by atoms with van der Waals surface area (Å²) in [4.78, 5) is 9.44. The first-order valence-electron chi connectivity index (χ1n) is 15.7. The Balaban J connectivity index is 1.90. The lowest BCUT2D eigenvalue weighted by Gasteiger charge is -2.25. The Morgan fingerprint density at radius 3 is 1.77 bits per heavy atom.